The molecule has 0 saturated heterocycles. The molecule has 23 heavy (non-hydrogen) atoms. The molecule has 1 amide bonds. The van der Waals surface area contributed by atoms with E-state index in [1.165, 1.54) is 17.7 Å². The minimum Gasteiger partial charge on any atom is -0.326 e. The molecule has 2 aromatic carbocycles. The van der Waals surface area contributed by atoms with E-state index < -0.39 is 11.7 Å². The third-order valence-corrected chi connectivity index (χ3v) is 4.09. The molecular formula is C17H16F3NOS. The van der Waals surface area contributed by atoms with Gasteiger partial charge in [-0.2, -0.15) is 24.9 Å². The fourth-order valence-electron chi connectivity index (χ4n) is 1.93. The van der Waals surface area contributed by atoms with Gasteiger partial charge in [0.05, 0.1) is 5.56 Å². The van der Waals surface area contributed by atoms with E-state index >= 15 is 0 Å². The van der Waals surface area contributed by atoms with Crippen LogP contribution in [0, 0.1) is 0 Å². The SMILES string of the molecule is O=C(CCSCc1ccccc1)Nc1cccc(C(F)(F)F)c1. The number of thioether (sulfide) groups is 1. The van der Waals surface area contributed by atoms with Crippen LogP contribution in [0.15, 0.2) is 54.6 Å². The fourth-order valence-corrected chi connectivity index (χ4v) is 2.83. The summed E-state index contributed by atoms with van der Waals surface area (Å²) in [6.45, 7) is 0. The van der Waals surface area contributed by atoms with Crippen molar-refractivity contribution in [2.45, 2.75) is 18.3 Å². The summed E-state index contributed by atoms with van der Waals surface area (Å²) in [5, 5.41) is 2.50. The third-order valence-electron chi connectivity index (χ3n) is 3.06. The van der Waals surface area contributed by atoms with Gasteiger partial charge in [0.2, 0.25) is 5.91 Å². The van der Waals surface area contributed by atoms with Gasteiger partial charge < -0.3 is 5.32 Å². The summed E-state index contributed by atoms with van der Waals surface area (Å²) < 4.78 is 37.8. The Hall–Kier alpha value is -1.95. The maximum atomic E-state index is 12.6. The molecule has 0 bridgehead atoms. The second kappa shape index (κ2) is 8.06. The van der Waals surface area contributed by atoms with Crippen LogP contribution in [0.2, 0.25) is 0 Å². The molecule has 0 aromatic heterocycles. The van der Waals surface area contributed by atoms with E-state index in [0.29, 0.717) is 5.75 Å². The van der Waals surface area contributed by atoms with Gasteiger partial charge in [-0.3, -0.25) is 4.79 Å². The molecule has 0 aliphatic rings. The van der Waals surface area contributed by atoms with Gasteiger partial charge in [0.15, 0.2) is 0 Å². The highest BCUT2D eigenvalue weighted by Crippen LogP contribution is 2.30. The molecular weight excluding hydrogens is 323 g/mol. The zero-order valence-electron chi connectivity index (χ0n) is 12.3. The Kier molecular flexibility index (Phi) is 6.10. The topological polar surface area (TPSA) is 29.1 Å². The second-order valence-electron chi connectivity index (χ2n) is 4.91. The number of nitrogens with one attached hydrogen (secondary N) is 1. The summed E-state index contributed by atoms with van der Waals surface area (Å²) in [7, 11) is 0. The van der Waals surface area contributed by atoms with Gasteiger partial charge in [0, 0.05) is 23.6 Å². The minimum absolute atomic E-state index is 0.165. The fraction of sp³-hybridized carbons (Fsp3) is 0.235. The Morgan fingerprint density at radius 1 is 1.04 bits per heavy atom. The Morgan fingerprint density at radius 2 is 1.78 bits per heavy atom. The molecule has 122 valence electrons. The summed E-state index contributed by atoms with van der Waals surface area (Å²) >= 11 is 1.61. The summed E-state index contributed by atoms with van der Waals surface area (Å²) in [6.07, 6.45) is -4.15. The number of anilines is 1. The molecule has 1 N–H and O–H groups in total. The molecule has 0 fully saturated rings. The molecule has 0 unspecified atom stereocenters. The molecule has 2 rings (SSSR count). The molecule has 0 aliphatic heterocycles. The number of halogens is 3. The summed E-state index contributed by atoms with van der Waals surface area (Å²) in [5.41, 5.74) is 0.572. The first-order chi connectivity index (χ1) is 10.9. The van der Waals surface area contributed by atoms with Crippen LogP contribution in [0.4, 0.5) is 18.9 Å². The first-order valence-electron chi connectivity index (χ1n) is 7.04. The summed E-state index contributed by atoms with van der Waals surface area (Å²) in [6, 6.07) is 14.5. The summed E-state index contributed by atoms with van der Waals surface area (Å²) in [4.78, 5) is 11.8. The van der Waals surface area contributed by atoms with Crippen molar-refractivity contribution in [2.24, 2.45) is 0 Å². The van der Waals surface area contributed by atoms with Gasteiger partial charge in [-0.05, 0) is 23.8 Å². The number of rotatable bonds is 6. The van der Waals surface area contributed by atoms with Crippen molar-refractivity contribution in [3.63, 3.8) is 0 Å². The van der Waals surface area contributed by atoms with Crippen LogP contribution in [-0.4, -0.2) is 11.7 Å². The van der Waals surface area contributed by atoms with Crippen molar-refractivity contribution in [1.82, 2.24) is 0 Å². The van der Waals surface area contributed by atoms with Crippen LogP contribution in [0.5, 0.6) is 0 Å². The van der Waals surface area contributed by atoms with Crippen molar-refractivity contribution in [1.29, 1.82) is 0 Å². The number of hydrogen-bond donors (Lipinski definition) is 1. The first-order valence-corrected chi connectivity index (χ1v) is 8.19. The smallest absolute Gasteiger partial charge is 0.326 e. The van der Waals surface area contributed by atoms with Crippen molar-refractivity contribution in [3.05, 3.63) is 65.7 Å². The molecule has 0 aliphatic carbocycles. The van der Waals surface area contributed by atoms with E-state index in [0.717, 1.165) is 17.9 Å². The molecule has 2 nitrogen and oxygen atoms in total. The lowest BCUT2D eigenvalue weighted by molar-refractivity contribution is -0.137. The zero-order valence-corrected chi connectivity index (χ0v) is 13.1. The monoisotopic (exact) mass is 339 g/mol. The Balaban J connectivity index is 1.77. The zero-order chi connectivity index (χ0) is 16.7. The molecule has 0 saturated carbocycles. The van der Waals surface area contributed by atoms with Crippen LogP contribution < -0.4 is 5.32 Å². The predicted octanol–water partition coefficient (Wildman–Crippen LogP) is 4.97. The van der Waals surface area contributed by atoms with Gasteiger partial charge >= 0.3 is 6.18 Å². The highest BCUT2D eigenvalue weighted by molar-refractivity contribution is 7.98. The number of hydrogen-bond acceptors (Lipinski definition) is 2. The van der Waals surface area contributed by atoms with Crippen LogP contribution in [0.3, 0.4) is 0 Å². The van der Waals surface area contributed by atoms with E-state index in [2.05, 4.69) is 5.32 Å². The number of carbonyl (C=O) groups excluding carboxylic acids is 1. The van der Waals surface area contributed by atoms with Crippen molar-refractivity contribution >= 4 is 23.4 Å². The Labute approximate surface area is 137 Å². The van der Waals surface area contributed by atoms with E-state index in [1.54, 1.807) is 11.8 Å². The quantitative estimate of drug-likeness (QED) is 0.753. The van der Waals surface area contributed by atoms with E-state index in [1.807, 2.05) is 30.3 Å². The molecule has 0 spiro atoms. The lowest BCUT2D eigenvalue weighted by Crippen LogP contribution is -2.13. The second-order valence-corrected chi connectivity index (χ2v) is 6.02. The first kappa shape index (κ1) is 17.4. The summed E-state index contributed by atoms with van der Waals surface area (Å²) in [5.74, 6) is 1.13. The van der Waals surface area contributed by atoms with Crippen molar-refractivity contribution in [2.75, 3.05) is 11.1 Å². The number of benzene rings is 2. The van der Waals surface area contributed by atoms with Gasteiger partial charge in [0.1, 0.15) is 0 Å². The van der Waals surface area contributed by atoms with Gasteiger partial charge in [0.25, 0.3) is 0 Å². The molecule has 2 aromatic rings. The number of alkyl halides is 3. The maximum absolute atomic E-state index is 12.6. The average molecular weight is 339 g/mol. The molecule has 0 radical (unpaired) electrons. The van der Waals surface area contributed by atoms with Crippen molar-refractivity contribution in [3.8, 4) is 0 Å². The molecule has 0 heterocycles. The maximum Gasteiger partial charge on any atom is 0.416 e. The standard InChI is InChI=1S/C17H16F3NOS/c18-17(19,20)14-7-4-8-15(11-14)21-16(22)9-10-23-12-13-5-2-1-3-6-13/h1-8,11H,9-10,12H2,(H,21,22). The normalized spacial score (nSPS) is 11.3. The van der Waals surface area contributed by atoms with Gasteiger partial charge in [-0.1, -0.05) is 36.4 Å². The minimum atomic E-state index is -4.41. The van der Waals surface area contributed by atoms with Gasteiger partial charge in [-0.25, -0.2) is 0 Å². The molecule has 0 atom stereocenters. The van der Waals surface area contributed by atoms with Crippen LogP contribution in [0.25, 0.3) is 0 Å². The highest BCUT2D eigenvalue weighted by Gasteiger charge is 2.30. The average Bonchev–Trinajstić information content (AvgIpc) is 2.52. The Bertz CT molecular complexity index is 644. The predicted molar refractivity (Wildman–Crippen MR) is 87.3 cm³/mol. The van der Waals surface area contributed by atoms with Crippen molar-refractivity contribution < 1.29 is 18.0 Å². The van der Waals surface area contributed by atoms with Crippen LogP contribution in [-0.2, 0) is 16.7 Å². The van der Waals surface area contributed by atoms with Gasteiger partial charge in [-0.15, -0.1) is 0 Å². The third kappa shape index (κ3) is 5.98. The van der Waals surface area contributed by atoms with Crippen LogP contribution in [0.1, 0.15) is 17.5 Å². The van der Waals surface area contributed by atoms with Crippen LogP contribution >= 0.6 is 11.8 Å². The lowest BCUT2D eigenvalue weighted by atomic mass is 10.2. The van der Waals surface area contributed by atoms with E-state index in [-0.39, 0.29) is 18.0 Å². The largest absolute Gasteiger partial charge is 0.416 e. The lowest BCUT2D eigenvalue weighted by Gasteiger charge is -2.09. The van der Waals surface area contributed by atoms with E-state index in [9.17, 15) is 18.0 Å². The molecule has 6 heteroatoms. The highest BCUT2D eigenvalue weighted by atomic mass is 32.2. The number of carbonyl (C=O) groups is 1. The Morgan fingerprint density at radius 3 is 2.48 bits per heavy atom. The van der Waals surface area contributed by atoms with E-state index in [4.69, 9.17) is 0 Å². The number of amides is 1.